The standard InChI is InChI=1S/C14H17F4NO2/c1-8(2)5-12(13(20)21)19-7-9-3-4-10(15)6-11(9)14(16,17)18/h3-4,6,8,12,19H,5,7H2,1-2H3,(H,20,21)/t12-/m0/s1. The topological polar surface area (TPSA) is 49.3 Å². The van der Waals surface area contributed by atoms with Crippen molar-refractivity contribution in [2.45, 2.75) is 39.0 Å². The van der Waals surface area contributed by atoms with Crippen LogP contribution in [0.3, 0.4) is 0 Å². The Balaban J connectivity index is 2.90. The molecule has 0 unspecified atom stereocenters. The van der Waals surface area contributed by atoms with E-state index in [1.807, 2.05) is 13.8 Å². The van der Waals surface area contributed by atoms with Crippen molar-refractivity contribution in [1.29, 1.82) is 0 Å². The maximum atomic E-state index is 13.0. The number of carboxylic acids is 1. The van der Waals surface area contributed by atoms with Crippen LogP contribution in [0.4, 0.5) is 17.6 Å². The van der Waals surface area contributed by atoms with E-state index < -0.39 is 29.6 Å². The molecule has 0 aliphatic carbocycles. The quantitative estimate of drug-likeness (QED) is 0.792. The Bertz CT molecular complexity index is 500. The van der Waals surface area contributed by atoms with E-state index in [2.05, 4.69) is 5.32 Å². The van der Waals surface area contributed by atoms with Gasteiger partial charge >= 0.3 is 12.1 Å². The van der Waals surface area contributed by atoms with E-state index in [4.69, 9.17) is 5.11 Å². The van der Waals surface area contributed by atoms with E-state index >= 15 is 0 Å². The highest BCUT2D eigenvalue weighted by molar-refractivity contribution is 5.73. The highest BCUT2D eigenvalue weighted by Crippen LogP contribution is 2.32. The number of hydrogen-bond acceptors (Lipinski definition) is 2. The fourth-order valence-electron chi connectivity index (χ4n) is 1.94. The Hall–Kier alpha value is -1.63. The molecule has 0 spiro atoms. The summed E-state index contributed by atoms with van der Waals surface area (Å²) in [5.41, 5.74) is -1.28. The van der Waals surface area contributed by atoms with Crippen molar-refractivity contribution < 1.29 is 27.5 Å². The largest absolute Gasteiger partial charge is 0.480 e. The fraction of sp³-hybridized carbons (Fsp3) is 0.500. The molecule has 0 aromatic heterocycles. The number of hydrogen-bond donors (Lipinski definition) is 2. The maximum Gasteiger partial charge on any atom is 0.416 e. The molecule has 0 fully saturated rings. The summed E-state index contributed by atoms with van der Waals surface area (Å²) < 4.78 is 51.4. The SMILES string of the molecule is CC(C)C[C@H](NCc1ccc(F)cc1C(F)(F)F)C(=O)O. The number of nitrogens with one attached hydrogen (secondary N) is 1. The minimum atomic E-state index is -4.68. The van der Waals surface area contributed by atoms with Gasteiger partial charge in [-0.05, 0) is 30.0 Å². The van der Waals surface area contributed by atoms with Gasteiger partial charge in [-0.25, -0.2) is 4.39 Å². The molecule has 118 valence electrons. The molecule has 0 bridgehead atoms. The molecule has 7 heteroatoms. The van der Waals surface area contributed by atoms with Crippen LogP contribution >= 0.6 is 0 Å². The van der Waals surface area contributed by atoms with E-state index in [1.165, 1.54) is 0 Å². The van der Waals surface area contributed by atoms with Gasteiger partial charge in [-0.2, -0.15) is 13.2 Å². The average molecular weight is 307 g/mol. The molecule has 3 nitrogen and oxygen atoms in total. The van der Waals surface area contributed by atoms with Crippen LogP contribution in [0, 0.1) is 11.7 Å². The number of carboxylic acid groups (broad SMARTS) is 1. The molecule has 0 heterocycles. The molecule has 0 saturated carbocycles. The maximum absolute atomic E-state index is 13.0. The number of alkyl halides is 3. The lowest BCUT2D eigenvalue weighted by atomic mass is 10.0. The zero-order valence-electron chi connectivity index (χ0n) is 11.7. The second-order valence-electron chi connectivity index (χ2n) is 5.20. The van der Waals surface area contributed by atoms with Gasteiger partial charge in [0.1, 0.15) is 11.9 Å². The summed E-state index contributed by atoms with van der Waals surface area (Å²) in [6.07, 6.45) is -4.40. The monoisotopic (exact) mass is 307 g/mol. The van der Waals surface area contributed by atoms with Gasteiger partial charge in [0.2, 0.25) is 0 Å². The lowest BCUT2D eigenvalue weighted by molar-refractivity contribution is -0.140. The van der Waals surface area contributed by atoms with Crippen LogP contribution in [0.1, 0.15) is 31.4 Å². The van der Waals surface area contributed by atoms with Crippen LogP contribution in [0.5, 0.6) is 0 Å². The highest BCUT2D eigenvalue weighted by Gasteiger charge is 2.34. The van der Waals surface area contributed by atoms with Gasteiger partial charge in [-0.3, -0.25) is 4.79 Å². The summed E-state index contributed by atoms with van der Waals surface area (Å²) >= 11 is 0. The van der Waals surface area contributed by atoms with Gasteiger partial charge in [0.25, 0.3) is 0 Å². The third-order valence-electron chi connectivity index (χ3n) is 2.92. The lowest BCUT2D eigenvalue weighted by Gasteiger charge is -2.18. The molecule has 1 atom stereocenters. The van der Waals surface area contributed by atoms with Crippen molar-refractivity contribution in [3.8, 4) is 0 Å². The summed E-state index contributed by atoms with van der Waals surface area (Å²) in [5, 5.41) is 11.6. The Morgan fingerprint density at radius 1 is 1.33 bits per heavy atom. The molecule has 0 radical (unpaired) electrons. The first-order chi connectivity index (χ1) is 9.61. The molecule has 2 N–H and O–H groups in total. The zero-order valence-corrected chi connectivity index (χ0v) is 11.7. The molecule has 0 aliphatic rings. The first kappa shape index (κ1) is 17.4. The summed E-state index contributed by atoms with van der Waals surface area (Å²) in [7, 11) is 0. The number of aliphatic carboxylic acids is 1. The molecular formula is C14H17F4NO2. The smallest absolute Gasteiger partial charge is 0.416 e. The molecule has 1 aromatic rings. The zero-order chi connectivity index (χ0) is 16.2. The average Bonchev–Trinajstić information content (AvgIpc) is 2.33. The second-order valence-corrected chi connectivity index (χ2v) is 5.20. The summed E-state index contributed by atoms with van der Waals surface area (Å²) in [4.78, 5) is 11.0. The predicted octanol–water partition coefficient (Wildman–Crippen LogP) is 3.43. The predicted molar refractivity (Wildman–Crippen MR) is 69.1 cm³/mol. The molecule has 0 amide bonds. The second kappa shape index (κ2) is 6.89. The molecular weight excluding hydrogens is 290 g/mol. The van der Waals surface area contributed by atoms with E-state index in [1.54, 1.807) is 0 Å². The molecule has 1 aromatic carbocycles. The fourth-order valence-corrected chi connectivity index (χ4v) is 1.94. The van der Waals surface area contributed by atoms with E-state index in [0.29, 0.717) is 6.07 Å². The number of carbonyl (C=O) groups is 1. The van der Waals surface area contributed by atoms with Gasteiger partial charge in [-0.1, -0.05) is 19.9 Å². The Labute approximate surface area is 120 Å². The van der Waals surface area contributed by atoms with Crippen molar-refractivity contribution in [2.75, 3.05) is 0 Å². The lowest BCUT2D eigenvalue weighted by Crippen LogP contribution is -2.37. The van der Waals surface area contributed by atoms with Crippen molar-refractivity contribution in [3.63, 3.8) is 0 Å². The van der Waals surface area contributed by atoms with Crippen LogP contribution in [0.25, 0.3) is 0 Å². The van der Waals surface area contributed by atoms with Crippen LogP contribution in [-0.2, 0) is 17.5 Å². The van der Waals surface area contributed by atoms with Gasteiger partial charge in [0.05, 0.1) is 5.56 Å². The molecule has 21 heavy (non-hydrogen) atoms. The van der Waals surface area contributed by atoms with Crippen molar-refractivity contribution >= 4 is 5.97 Å². The number of rotatable bonds is 6. The number of benzene rings is 1. The van der Waals surface area contributed by atoms with Gasteiger partial charge in [0.15, 0.2) is 0 Å². The Morgan fingerprint density at radius 2 is 1.95 bits per heavy atom. The normalized spacial score (nSPS) is 13.5. The van der Waals surface area contributed by atoms with Crippen LogP contribution in [0.15, 0.2) is 18.2 Å². The van der Waals surface area contributed by atoms with Gasteiger partial charge < -0.3 is 10.4 Å². The van der Waals surface area contributed by atoms with Crippen molar-refractivity contribution in [1.82, 2.24) is 5.32 Å². The van der Waals surface area contributed by atoms with E-state index in [0.717, 1.165) is 12.1 Å². The minimum absolute atomic E-state index is 0.0777. The van der Waals surface area contributed by atoms with E-state index in [-0.39, 0.29) is 24.4 Å². The summed E-state index contributed by atoms with van der Waals surface area (Å²) in [6, 6.07) is 1.40. The van der Waals surface area contributed by atoms with Crippen LogP contribution in [-0.4, -0.2) is 17.1 Å². The Morgan fingerprint density at radius 3 is 2.43 bits per heavy atom. The molecule has 1 rings (SSSR count). The van der Waals surface area contributed by atoms with Crippen LogP contribution in [0.2, 0.25) is 0 Å². The summed E-state index contributed by atoms with van der Waals surface area (Å²) in [5.74, 6) is -2.03. The summed E-state index contributed by atoms with van der Waals surface area (Å²) in [6.45, 7) is 3.34. The number of halogens is 4. The molecule has 0 saturated heterocycles. The third-order valence-corrected chi connectivity index (χ3v) is 2.92. The van der Waals surface area contributed by atoms with Crippen molar-refractivity contribution in [2.24, 2.45) is 5.92 Å². The third kappa shape index (κ3) is 5.34. The van der Waals surface area contributed by atoms with Gasteiger partial charge in [0, 0.05) is 6.54 Å². The van der Waals surface area contributed by atoms with E-state index in [9.17, 15) is 22.4 Å². The first-order valence-electron chi connectivity index (χ1n) is 6.43. The Kier molecular flexibility index (Phi) is 5.71. The minimum Gasteiger partial charge on any atom is -0.480 e. The van der Waals surface area contributed by atoms with Crippen molar-refractivity contribution in [3.05, 3.63) is 35.1 Å². The van der Waals surface area contributed by atoms with Gasteiger partial charge in [-0.15, -0.1) is 0 Å². The first-order valence-corrected chi connectivity index (χ1v) is 6.43. The van der Waals surface area contributed by atoms with Crippen LogP contribution < -0.4 is 5.32 Å². The molecule has 0 aliphatic heterocycles. The highest BCUT2D eigenvalue weighted by atomic mass is 19.4.